The molecule has 0 aliphatic rings. The molecule has 2 amide bonds. The van der Waals surface area contributed by atoms with E-state index in [1.165, 1.54) is 0 Å². The molecule has 3 aromatic rings. The van der Waals surface area contributed by atoms with Gasteiger partial charge in [0.1, 0.15) is 6.04 Å². The van der Waals surface area contributed by atoms with Crippen LogP contribution in [0.1, 0.15) is 28.4 Å². The molecule has 148 valence electrons. The Morgan fingerprint density at radius 3 is 2.38 bits per heavy atom. The zero-order chi connectivity index (χ0) is 20.5. The van der Waals surface area contributed by atoms with Gasteiger partial charge in [0.05, 0.1) is 0 Å². The number of amides is 2. The topological polar surface area (TPSA) is 71.1 Å². The van der Waals surface area contributed by atoms with E-state index in [4.69, 9.17) is 0 Å². The molecule has 2 aromatic carbocycles. The summed E-state index contributed by atoms with van der Waals surface area (Å²) in [5.41, 5.74) is 2.69. The van der Waals surface area contributed by atoms with E-state index in [9.17, 15) is 9.59 Å². The van der Waals surface area contributed by atoms with E-state index in [1.54, 1.807) is 37.0 Å². The first-order chi connectivity index (χ1) is 14.1. The third-order valence-electron chi connectivity index (χ3n) is 4.30. The Hall–Kier alpha value is -3.12. The molecule has 0 saturated carbocycles. The van der Waals surface area contributed by atoms with Gasteiger partial charge in [-0.15, -0.1) is 11.8 Å². The first-order valence-electron chi connectivity index (χ1n) is 9.36. The maximum atomic E-state index is 12.4. The Morgan fingerprint density at radius 1 is 0.966 bits per heavy atom. The Kier molecular flexibility index (Phi) is 7.41. The smallest absolute Gasteiger partial charge is 0.251 e. The van der Waals surface area contributed by atoms with Gasteiger partial charge in [-0.25, -0.2) is 0 Å². The highest BCUT2D eigenvalue weighted by molar-refractivity contribution is 7.98. The van der Waals surface area contributed by atoms with Crippen molar-refractivity contribution in [1.29, 1.82) is 0 Å². The van der Waals surface area contributed by atoms with Gasteiger partial charge in [0.25, 0.3) is 5.91 Å². The number of aromatic nitrogens is 1. The summed E-state index contributed by atoms with van der Waals surface area (Å²) in [4.78, 5) is 29.8. The van der Waals surface area contributed by atoms with Gasteiger partial charge in [0.15, 0.2) is 0 Å². The molecule has 0 radical (unpaired) electrons. The van der Waals surface area contributed by atoms with Gasteiger partial charge in [0, 0.05) is 35.2 Å². The molecule has 0 aliphatic carbocycles. The number of rotatable bonds is 8. The van der Waals surface area contributed by atoms with Crippen LogP contribution in [0.4, 0.5) is 0 Å². The minimum Gasteiger partial charge on any atom is -0.350 e. The average molecular weight is 406 g/mol. The third-order valence-corrected chi connectivity index (χ3v) is 5.38. The Balaban J connectivity index is 1.47. The second kappa shape index (κ2) is 10.4. The van der Waals surface area contributed by atoms with Crippen molar-refractivity contribution >= 4 is 23.6 Å². The molecular weight excluding hydrogens is 382 g/mol. The number of carbonyl (C=O) groups is 2. The first kappa shape index (κ1) is 20.6. The molecule has 0 bridgehead atoms. The van der Waals surface area contributed by atoms with Crippen LogP contribution in [-0.2, 0) is 17.1 Å². The number of thioether (sulfide) groups is 1. The lowest BCUT2D eigenvalue weighted by molar-refractivity contribution is -0.122. The van der Waals surface area contributed by atoms with Crippen LogP contribution in [0.3, 0.4) is 0 Å². The van der Waals surface area contributed by atoms with Crippen molar-refractivity contribution < 1.29 is 9.59 Å². The van der Waals surface area contributed by atoms with Crippen molar-refractivity contribution in [3.05, 3.63) is 95.8 Å². The quantitative estimate of drug-likeness (QED) is 0.559. The molecule has 1 unspecified atom stereocenters. The van der Waals surface area contributed by atoms with Crippen LogP contribution >= 0.6 is 11.8 Å². The van der Waals surface area contributed by atoms with E-state index in [1.807, 2.05) is 60.8 Å². The van der Waals surface area contributed by atoms with Crippen molar-refractivity contribution in [2.75, 3.05) is 0 Å². The van der Waals surface area contributed by atoms with E-state index >= 15 is 0 Å². The predicted octanol–water partition coefficient (Wildman–Crippen LogP) is 3.81. The van der Waals surface area contributed by atoms with E-state index in [2.05, 4.69) is 15.6 Å². The zero-order valence-electron chi connectivity index (χ0n) is 16.2. The van der Waals surface area contributed by atoms with Crippen LogP contribution in [0, 0.1) is 0 Å². The number of carbonyl (C=O) groups excluding carboxylic acids is 2. The molecule has 1 atom stereocenters. The SMILES string of the molecule is CC(NC(=O)c1ccc(SCc2cccnc2)cc1)C(=O)NCc1ccccc1. The molecule has 29 heavy (non-hydrogen) atoms. The zero-order valence-corrected chi connectivity index (χ0v) is 17.0. The van der Waals surface area contributed by atoms with Gasteiger partial charge in [-0.2, -0.15) is 0 Å². The summed E-state index contributed by atoms with van der Waals surface area (Å²) >= 11 is 1.68. The van der Waals surface area contributed by atoms with Gasteiger partial charge in [-0.3, -0.25) is 14.6 Å². The third kappa shape index (κ3) is 6.47. The molecule has 5 nitrogen and oxygen atoms in total. The van der Waals surface area contributed by atoms with Gasteiger partial charge in [-0.05, 0) is 48.4 Å². The van der Waals surface area contributed by atoms with E-state index in [-0.39, 0.29) is 11.8 Å². The largest absolute Gasteiger partial charge is 0.350 e. The molecular formula is C23H23N3O2S. The van der Waals surface area contributed by atoms with Crippen LogP contribution in [-0.4, -0.2) is 22.8 Å². The first-order valence-corrected chi connectivity index (χ1v) is 10.3. The summed E-state index contributed by atoms with van der Waals surface area (Å²) in [6.45, 7) is 2.11. The van der Waals surface area contributed by atoms with Gasteiger partial charge in [0.2, 0.25) is 5.91 Å². The van der Waals surface area contributed by atoms with Crippen LogP contribution < -0.4 is 10.6 Å². The van der Waals surface area contributed by atoms with Crippen molar-refractivity contribution in [2.24, 2.45) is 0 Å². The Bertz CT molecular complexity index is 931. The highest BCUT2D eigenvalue weighted by Crippen LogP contribution is 2.22. The summed E-state index contributed by atoms with van der Waals surface area (Å²) in [6.07, 6.45) is 3.60. The summed E-state index contributed by atoms with van der Waals surface area (Å²) in [5.74, 6) is 0.333. The van der Waals surface area contributed by atoms with Crippen molar-refractivity contribution in [3.63, 3.8) is 0 Å². The predicted molar refractivity (Wildman–Crippen MR) is 115 cm³/mol. The minimum absolute atomic E-state index is 0.217. The number of benzene rings is 2. The summed E-state index contributed by atoms with van der Waals surface area (Å²) in [5, 5.41) is 5.58. The monoisotopic (exact) mass is 405 g/mol. The standard InChI is InChI=1S/C23H23N3O2S/c1-17(22(27)25-15-18-6-3-2-4-7-18)26-23(28)20-9-11-21(12-10-20)29-16-19-8-5-13-24-14-19/h2-14,17H,15-16H2,1H3,(H,25,27)(H,26,28). The number of pyridine rings is 1. The fourth-order valence-electron chi connectivity index (χ4n) is 2.64. The maximum absolute atomic E-state index is 12.4. The van der Waals surface area contributed by atoms with Gasteiger partial charge in [-0.1, -0.05) is 36.4 Å². The van der Waals surface area contributed by atoms with Crippen molar-refractivity contribution in [1.82, 2.24) is 15.6 Å². The average Bonchev–Trinajstić information content (AvgIpc) is 2.77. The molecule has 1 aromatic heterocycles. The van der Waals surface area contributed by atoms with Gasteiger partial charge >= 0.3 is 0 Å². The number of hydrogen-bond donors (Lipinski definition) is 2. The minimum atomic E-state index is -0.620. The van der Waals surface area contributed by atoms with E-state index in [0.29, 0.717) is 12.1 Å². The highest BCUT2D eigenvalue weighted by atomic mass is 32.2. The molecule has 0 fully saturated rings. The summed E-state index contributed by atoms with van der Waals surface area (Å²) < 4.78 is 0. The Labute approximate surface area is 175 Å². The molecule has 6 heteroatoms. The molecule has 0 saturated heterocycles. The lowest BCUT2D eigenvalue weighted by Gasteiger charge is -2.14. The summed E-state index contributed by atoms with van der Waals surface area (Å²) in [6, 6.07) is 20.4. The molecule has 3 rings (SSSR count). The number of nitrogens with zero attached hydrogens (tertiary/aromatic N) is 1. The number of hydrogen-bond acceptors (Lipinski definition) is 4. The van der Waals surface area contributed by atoms with Gasteiger partial charge < -0.3 is 10.6 Å². The van der Waals surface area contributed by atoms with Crippen LogP contribution in [0.25, 0.3) is 0 Å². The highest BCUT2D eigenvalue weighted by Gasteiger charge is 2.16. The number of nitrogens with one attached hydrogen (secondary N) is 2. The lowest BCUT2D eigenvalue weighted by Crippen LogP contribution is -2.44. The molecule has 0 aliphatic heterocycles. The van der Waals surface area contributed by atoms with E-state index < -0.39 is 6.04 Å². The van der Waals surface area contributed by atoms with Crippen LogP contribution in [0.5, 0.6) is 0 Å². The lowest BCUT2D eigenvalue weighted by atomic mass is 10.2. The van der Waals surface area contributed by atoms with Crippen LogP contribution in [0.15, 0.2) is 84.0 Å². The second-order valence-electron chi connectivity index (χ2n) is 6.57. The van der Waals surface area contributed by atoms with Crippen LogP contribution in [0.2, 0.25) is 0 Å². The fourth-order valence-corrected chi connectivity index (χ4v) is 3.47. The Morgan fingerprint density at radius 2 is 1.69 bits per heavy atom. The van der Waals surface area contributed by atoms with Crippen molar-refractivity contribution in [2.45, 2.75) is 30.2 Å². The fraction of sp³-hybridized carbons (Fsp3) is 0.174. The normalized spacial score (nSPS) is 11.5. The maximum Gasteiger partial charge on any atom is 0.251 e. The summed E-state index contributed by atoms with van der Waals surface area (Å²) in [7, 11) is 0. The second-order valence-corrected chi connectivity index (χ2v) is 7.62. The molecule has 2 N–H and O–H groups in total. The van der Waals surface area contributed by atoms with E-state index in [0.717, 1.165) is 21.8 Å². The molecule has 1 heterocycles. The van der Waals surface area contributed by atoms with Crippen molar-refractivity contribution in [3.8, 4) is 0 Å². The molecule has 0 spiro atoms.